The zero-order valence-electron chi connectivity index (χ0n) is 21.0. The van der Waals surface area contributed by atoms with Crippen LogP contribution in [0.1, 0.15) is 102 Å². The van der Waals surface area contributed by atoms with Crippen molar-refractivity contribution >= 4 is 32.2 Å². The minimum absolute atomic E-state index is 0.161. The summed E-state index contributed by atoms with van der Waals surface area (Å²) in [7, 11) is 0. The third-order valence-corrected chi connectivity index (χ3v) is 8.20. The molecule has 2 aromatic carbocycles. The Bertz CT molecular complexity index is 905. The summed E-state index contributed by atoms with van der Waals surface area (Å²) in [5.74, 6) is 0. The minimum atomic E-state index is -0.343. The van der Waals surface area contributed by atoms with Crippen LogP contribution < -0.4 is 3.58 Å². The standard InChI is InChI=1S/C29H40NO2.Sn/c1-5-8-20-28(4)25-18-14-15-19-26(25)29(21-9-6-2,22-10-7-3)30(28)27(31)32-23-24-16-12-11-13-17-24;/h11-14,16-19H,5-10,20-23H2,1-4H3;. The van der Waals surface area contributed by atoms with Gasteiger partial charge in [0, 0.05) is 0 Å². The van der Waals surface area contributed by atoms with Crippen molar-refractivity contribution in [3.63, 3.8) is 0 Å². The number of fused-ring (bicyclic) bond motifs is 1. The van der Waals surface area contributed by atoms with E-state index in [1.165, 1.54) is 37.2 Å². The summed E-state index contributed by atoms with van der Waals surface area (Å²) in [6.45, 7) is 9.33. The van der Waals surface area contributed by atoms with Crippen molar-refractivity contribution in [2.45, 2.75) is 103 Å². The number of hydrogen-bond donors (Lipinski definition) is 0. The molecule has 0 fully saturated rings. The summed E-state index contributed by atoms with van der Waals surface area (Å²) < 4.78 is 7.41. The van der Waals surface area contributed by atoms with E-state index in [1.54, 1.807) is 0 Å². The Kier molecular flexibility index (Phi) is 9.32. The first kappa shape index (κ1) is 26.1. The van der Waals surface area contributed by atoms with Crippen molar-refractivity contribution in [1.82, 2.24) is 4.90 Å². The molecule has 3 radical (unpaired) electrons. The molecule has 0 saturated heterocycles. The Hall–Kier alpha value is -1.49. The van der Waals surface area contributed by atoms with Crippen LogP contribution in [0.25, 0.3) is 0 Å². The van der Waals surface area contributed by atoms with E-state index in [0.29, 0.717) is 6.61 Å². The number of carbonyl (C=O) groups is 1. The summed E-state index contributed by atoms with van der Waals surface area (Å²) in [5.41, 5.74) is 3.12. The molecule has 1 aliphatic heterocycles. The second-order valence-electron chi connectivity index (χ2n) is 9.75. The van der Waals surface area contributed by atoms with E-state index in [4.69, 9.17) is 4.74 Å². The van der Waals surface area contributed by atoms with Gasteiger partial charge in [0.2, 0.25) is 0 Å². The van der Waals surface area contributed by atoms with Gasteiger partial charge in [0.05, 0.1) is 0 Å². The SMILES string of the molecule is CCCCC1(C)c2cc[c]([Sn])cc2C(CCCC)(CCCC)N1C(=O)OCc1ccccc1. The van der Waals surface area contributed by atoms with Crippen molar-refractivity contribution < 1.29 is 9.53 Å². The van der Waals surface area contributed by atoms with Crippen LogP contribution in [0.3, 0.4) is 0 Å². The van der Waals surface area contributed by atoms with E-state index >= 15 is 0 Å². The van der Waals surface area contributed by atoms with Crippen molar-refractivity contribution in [3.8, 4) is 0 Å². The molecule has 4 heteroatoms. The van der Waals surface area contributed by atoms with Crippen LogP contribution in [0.2, 0.25) is 0 Å². The average Bonchev–Trinajstić information content (AvgIpc) is 3.03. The Morgan fingerprint density at radius 3 is 2.09 bits per heavy atom. The molecule has 1 heterocycles. The molecule has 0 saturated carbocycles. The normalized spacial score (nSPS) is 18.9. The number of carbonyl (C=O) groups excluding carboxylic acids is 1. The molecule has 1 atom stereocenters. The van der Waals surface area contributed by atoms with Crippen LogP contribution in [-0.4, -0.2) is 33.5 Å². The van der Waals surface area contributed by atoms with Crippen LogP contribution in [-0.2, 0) is 22.4 Å². The molecule has 33 heavy (non-hydrogen) atoms. The van der Waals surface area contributed by atoms with E-state index in [9.17, 15) is 4.79 Å². The molecule has 0 bridgehead atoms. The molecule has 0 aromatic heterocycles. The Labute approximate surface area is 214 Å². The summed E-state index contributed by atoms with van der Waals surface area (Å²) in [4.78, 5) is 16.2. The van der Waals surface area contributed by atoms with Crippen molar-refractivity contribution in [2.75, 3.05) is 0 Å². The van der Waals surface area contributed by atoms with Crippen LogP contribution in [0, 0.1) is 0 Å². The second kappa shape index (κ2) is 11.8. The molecule has 1 unspecified atom stereocenters. The monoisotopic (exact) mass is 554 g/mol. The fraction of sp³-hybridized carbons (Fsp3) is 0.552. The summed E-state index contributed by atoms with van der Waals surface area (Å²) in [6.07, 6.45) is 9.47. The summed E-state index contributed by atoms with van der Waals surface area (Å²) >= 11 is 1.42. The van der Waals surface area contributed by atoms with E-state index < -0.39 is 0 Å². The van der Waals surface area contributed by atoms with Crippen LogP contribution in [0.5, 0.6) is 0 Å². The molecule has 177 valence electrons. The molecule has 3 rings (SSSR count). The van der Waals surface area contributed by atoms with Gasteiger partial charge in [-0.25, -0.2) is 0 Å². The van der Waals surface area contributed by atoms with Crippen molar-refractivity contribution in [3.05, 3.63) is 65.2 Å². The third-order valence-electron chi connectivity index (χ3n) is 7.32. The summed E-state index contributed by atoms with van der Waals surface area (Å²) in [6, 6.07) is 17.0. The molecule has 1 aliphatic rings. The number of hydrogen-bond acceptors (Lipinski definition) is 2. The zero-order valence-corrected chi connectivity index (χ0v) is 23.8. The second-order valence-corrected chi connectivity index (χ2v) is 11.4. The molecule has 2 aromatic rings. The molecule has 0 aliphatic carbocycles. The number of unbranched alkanes of at least 4 members (excludes halogenated alkanes) is 3. The van der Waals surface area contributed by atoms with Gasteiger partial charge in [0.15, 0.2) is 0 Å². The first-order chi connectivity index (χ1) is 15.9. The summed E-state index contributed by atoms with van der Waals surface area (Å²) in [5, 5.41) is 0. The zero-order chi connectivity index (χ0) is 23.9. The number of rotatable bonds is 11. The van der Waals surface area contributed by atoms with Gasteiger partial charge in [-0.15, -0.1) is 0 Å². The topological polar surface area (TPSA) is 29.5 Å². The molecular weight excluding hydrogens is 513 g/mol. The molecule has 0 spiro atoms. The maximum absolute atomic E-state index is 14.0. The van der Waals surface area contributed by atoms with Crippen LogP contribution in [0.4, 0.5) is 4.79 Å². The maximum atomic E-state index is 14.0. The molecule has 0 N–H and O–H groups in total. The van der Waals surface area contributed by atoms with Gasteiger partial charge >= 0.3 is 215 Å². The van der Waals surface area contributed by atoms with Gasteiger partial charge in [-0.3, -0.25) is 0 Å². The first-order valence-corrected chi connectivity index (χ1v) is 14.2. The first-order valence-electron chi connectivity index (χ1n) is 12.8. The van der Waals surface area contributed by atoms with Crippen molar-refractivity contribution in [2.24, 2.45) is 0 Å². The van der Waals surface area contributed by atoms with E-state index in [0.717, 1.165) is 63.4 Å². The van der Waals surface area contributed by atoms with Crippen molar-refractivity contribution in [1.29, 1.82) is 0 Å². The predicted octanol–water partition coefficient (Wildman–Crippen LogP) is 7.11. The predicted molar refractivity (Wildman–Crippen MR) is 138 cm³/mol. The molecule has 3 nitrogen and oxygen atoms in total. The van der Waals surface area contributed by atoms with Gasteiger partial charge < -0.3 is 0 Å². The number of ether oxygens (including phenoxy) is 1. The van der Waals surface area contributed by atoms with E-state index in [1.807, 2.05) is 30.3 Å². The van der Waals surface area contributed by atoms with Gasteiger partial charge in [0.1, 0.15) is 0 Å². The van der Waals surface area contributed by atoms with Crippen LogP contribution >= 0.6 is 0 Å². The van der Waals surface area contributed by atoms with Gasteiger partial charge in [-0.05, 0) is 0 Å². The molecular formula is C29H40NO2Sn. The van der Waals surface area contributed by atoms with Gasteiger partial charge in [0.25, 0.3) is 0 Å². The van der Waals surface area contributed by atoms with Gasteiger partial charge in [-0.1, -0.05) is 0 Å². The number of nitrogens with zero attached hydrogens (tertiary/aromatic N) is 1. The third kappa shape index (κ3) is 5.44. The van der Waals surface area contributed by atoms with Crippen LogP contribution in [0.15, 0.2) is 48.5 Å². The quantitative estimate of drug-likeness (QED) is 0.278. The van der Waals surface area contributed by atoms with Gasteiger partial charge in [-0.2, -0.15) is 0 Å². The van der Waals surface area contributed by atoms with E-state index in [-0.39, 0.29) is 17.2 Å². The Morgan fingerprint density at radius 2 is 1.48 bits per heavy atom. The fourth-order valence-electron chi connectivity index (χ4n) is 5.60. The number of amides is 1. The Balaban J connectivity index is 2.10. The average molecular weight is 553 g/mol. The number of benzene rings is 2. The Morgan fingerprint density at radius 1 is 0.879 bits per heavy atom. The fourth-order valence-corrected chi connectivity index (χ4v) is 6.25. The van der Waals surface area contributed by atoms with E-state index in [2.05, 4.69) is 50.8 Å². The molecule has 1 amide bonds.